The van der Waals surface area contributed by atoms with Crippen LogP contribution in [-0.4, -0.2) is 0 Å². The van der Waals surface area contributed by atoms with E-state index in [4.69, 9.17) is 10.5 Å². The summed E-state index contributed by atoms with van der Waals surface area (Å²) in [6, 6.07) is 11.6. The van der Waals surface area contributed by atoms with E-state index in [1.54, 1.807) is 23.5 Å². The lowest BCUT2D eigenvalue weighted by Crippen LogP contribution is -2.06. The third-order valence-electron chi connectivity index (χ3n) is 2.94. The lowest BCUT2D eigenvalue weighted by molar-refractivity contribution is 0.899. The number of nitriles is 2. The number of rotatable bonds is 3. The number of aryl methyl sites for hydroxylation is 1. The average Bonchev–Trinajstić information content (AvgIpc) is 2.85. The highest BCUT2D eigenvalue weighted by Crippen LogP contribution is 2.27. The van der Waals surface area contributed by atoms with Crippen LogP contribution in [0.2, 0.25) is 0 Å². The van der Waals surface area contributed by atoms with E-state index >= 15 is 0 Å². The zero-order valence-electron chi connectivity index (χ0n) is 10.8. The normalized spacial score (nSPS) is 11.4. The summed E-state index contributed by atoms with van der Waals surface area (Å²) in [5.74, 6) is 0. The molecule has 1 unspecified atom stereocenters. The van der Waals surface area contributed by atoms with Gasteiger partial charge >= 0.3 is 0 Å². The van der Waals surface area contributed by atoms with Crippen LogP contribution in [0.4, 0.5) is 5.69 Å². The molecule has 1 heterocycles. The van der Waals surface area contributed by atoms with Gasteiger partial charge in [0.2, 0.25) is 0 Å². The first-order chi connectivity index (χ1) is 9.15. The Kier molecular flexibility index (Phi) is 3.85. The Morgan fingerprint density at radius 1 is 1.16 bits per heavy atom. The van der Waals surface area contributed by atoms with Crippen LogP contribution in [0.3, 0.4) is 0 Å². The molecule has 0 fully saturated rings. The van der Waals surface area contributed by atoms with Crippen molar-refractivity contribution in [2.45, 2.75) is 19.9 Å². The Hall–Kier alpha value is -2.30. The predicted octanol–water partition coefficient (Wildman–Crippen LogP) is 3.97. The molecule has 0 aliphatic carbocycles. The molecule has 0 spiro atoms. The van der Waals surface area contributed by atoms with Gasteiger partial charge in [-0.25, -0.2) is 0 Å². The van der Waals surface area contributed by atoms with E-state index in [9.17, 15) is 0 Å². The summed E-state index contributed by atoms with van der Waals surface area (Å²) in [6.07, 6.45) is 0. The quantitative estimate of drug-likeness (QED) is 0.915. The monoisotopic (exact) mass is 267 g/mol. The second-order valence-corrected chi connectivity index (χ2v) is 5.27. The molecule has 19 heavy (non-hydrogen) atoms. The van der Waals surface area contributed by atoms with Gasteiger partial charge in [-0.3, -0.25) is 0 Å². The molecule has 1 aromatic heterocycles. The number of nitrogens with zero attached hydrogens (tertiary/aromatic N) is 2. The van der Waals surface area contributed by atoms with Crippen molar-refractivity contribution < 1.29 is 0 Å². The van der Waals surface area contributed by atoms with Crippen molar-refractivity contribution in [1.82, 2.24) is 0 Å². The van der Waals surface area contributed by atoms with Crippen molar-refractivity contribution in [1.29, 1.82) is 10.5 Å². The van der Waals surface area contributed by atoms with Gasteiger partial charge in [-0.05, 0) is 49.1 Å². The minimum Gasteiger partial charge on any atom is -0.378 e. The number of hydrogen-bond donors (Lipinski definition) is 1. The molecule has 94 valence electrons. The zero-order valence-corrected chi connectivity index (χ0v) is 11.6. The van der Waals surface area contributed by atoms with Gasteiger partial charge in [-0.2, -0.15) is 10.5 Å². The maximum Gasteiger partial charge on any atom is 0.101 e. The minimum atomic E-state index is 0.180. The highest BCUT2D eigenvalue weighted by atomic mass is 32.1. The van der Waals surface area contributed by atoms with Crippen LogP contribution < -0.4 is 5.32 Å². The van der Waals surface area contributed by atoms with Crippen LogP contribution in [0.25, 0.3) is 0 Å². The van der Waals surface area contributed by atoms with Crippen molar-refractivity contribution in [2.24, 2.45) is 0 Å². The van der Waals surface area contributed by atoms with Gasteiger partial charge in [0.1, 0.15) is 12.1 Å². The summed E-state index contributed by atoms with van der Waals surface area (Å²) in [5.41, 5.74) is 2.94. The Balaban J connectivity index is 2.23. The van der Waals surface area contributed by atoms with E-state index < -0.39 is 0 Å². The molecule has 0 saturated carbocycles. The van der Waals surface area contributed by atoms with Crippen LogP contribution in [0.1, 0.15) is 34.5 Å². The Labute approximate surface area is 116 Å². The van der Waals surface area contributed by atoms with Gasteiger partial charge in [0.15, 0.2) is 0 Å². The summed E-state index contributed by atoms with van der Waals surface area (Å²) >= 11 is 1.71. The predicted molar refractivity (Wildman–Crippen MR) is 77.0 cm³/mol. The van der Waals surface area contributed by atoms with Crippen molar-refractivity contribution >= 4 is 17.0 Å². The molecule has 2 rings (SSSR count). The highest BCUT2D eigenvalue weighted by molar-refractivity contribution is 7.10. The molecular weight excluding hydrogens is 254 g/mol. The number of benzene rings is 1. The van der Waals surface area contributed by atoms with Crippen LogP contribution in [-0.2, 0) is 0 Å². The maximum absolute atomic E-state index is 9.01. The third-order valence-corrected chi connectivity index (χ3v) is 4.14. The van der Waals surface area contributed by atoms with E-state index in [1.165, 1.54) is 10.4 Å². The van der Waals surface area contributed by atoms with Crippen molar-refractivity contribution in [3.8, 4) is 12.1 Å². The molecule has 0 amide bonds. The molecule has 0 aliphatic heterocycles. The van der Waals surface area contributed by atoms with Gasteiger partial charge in [0.05, 0.1) is 17.2 Å². The first-order valence-corrected chi connectivity index (χ1v) is 6.78. The molecule has 1 atom stereocenters. The van der Waals surface area contributed by atoms with Crippen molar-refractivity contribution in [3.63, 3.8) is 0 Å². The first kappa shape index (κ1) is 13.1. The van der Waals surface area contributed by atoms with Crippen LogP contribution in [0, 0.1) is 29.6 Å². The smallest absolute Gasteiger partial charge is 0.101 e. The summed E-state index contributed by atoms with van der Waals surface area (Å²) < 4.78 is 0. The van der Waals surface area contributed by atoms with Crippen LogP contribution in [0.5, 0.6) is 0 Å². The molecule has 0 aliphatic rings. The largest absolute Gasteiger partial charge is 0.378 e. The van der Waals surface area contributed by atoms with E-state index in [0.29, 0.717) is 11.1 Å². The fraction of sp³-hybridized carbons (Fsp3) is 0.200. The number of anilines is 1. The molecule has 0 radical (unpaired) electrons. The van der Waals surface area contributed by atoms with Crippen molar-refractivity contribution in [2.75, 3.05) is 5.32 Å². The molecule has 0 saturated heterocycles. The van der Waals surface area contributed by atoms with Gasteiger partial charge in [-0.15, -0.1) is 11.3 Å². The Morgan fingerprint density at radius 3 is 2.47 bits per heavy atom. The Bertz CT molecular complexity index is 673. The number of hydrogen-bond acceptors (Lipinski definition) is 4. The maximum atomic E-state index is 9.01. The molecule has 2 aromatic rings. The fourth-order valence-corrected chi connectivity index (χ4v) is 2.90. The fourth-order valence-electron chi connectivity index (χ4n) is 1.97. The summed E-state index contributed by atoms with van der Waals surface area (Å²) in [5, 5.41) is 23.3. The molecule has 3 nitrogen and oxygen atoms in total. The second kappa shape index (κ2) is 5.56. The summed E-state index contributed by atoms with van der Waals surface area (Å²) in [7, 11) is 0. The third kappa shape index (κ3) is 2.76. The lowest BCUT2D eigenvalue weighted by Gasteiger charge is -2.15. The minimum absolute atomic E-state index is 0.180. The topological polar surface area (TPSA) is 59.6 Å². The Morgan fingerprint density at radius 2 is 1.89 bits per heavy atom. The van der Waals surface area contributed by atoms with Gasteiger partial charge in [0.25, 0.3) is 0 Å². The SMILES string of the molecule is Cc1ccsc1C(C)Nc1ccc(C#N)c(C#N)c1. The number of nitrogens with one attached hydrogen (secondary N) is 1. The van der Waals surface area contributed by atoms with Crippen LogP contribution >= 0.6 is 11.3 Å². The van der Waals surface area contributed by atoms with Crippen molar-refractivity contribution in [3.05, 3.63) is 51.2 Å². The average molecular weight is 267 g/mol. The first-order valence-electron chi connectivity index (χ1n) is 5.90. The molecule has 1 aromatic carbocycles. The molecule has 0 bridgehead atoms. The second-order valence-electron chi connectivity index (χ2n) is 4.32. The van der Waals surface area contributed by atoms with Gasteiger partial charge in [0, 0.05) is 10.6 Å². The zero-order chi connectivity index (χ0) is 13.8. The molecule has 4 heteroatoms. The van der Waals surface area contributed by atoms with Gasteiger partial charge < -0.3 is 5.32 Å². The lowest BCUT2D eigenvalue weighted by atomic mass is 10.1. The molecule has 1 N–H and O–H groups in total. The van der Waals surface area contributed by atoms with Crippen LogP contribution in [0.15, 0.2) is 29.6 Å². The standard InChI is InChI=1S/C15H13N3S/c1-10-5-6-19-15(10)11(2)18-14-4-3-12(8-16)13(7-14)9-17/h3-7,11,18H,1-2H3. The van der Waals surface area contributed by atoms with Gasteiger partial charge in [-0.1, -0.05) is 0 Å². The summed E-state index contributed by atoms with van der Waals surface area (Å²) in [4.78, 5) is 1.28. The highest BCUT2D eigenvalue weighted by Gasteiger charge is 2.10. The summed E-state index contributed by atoms with van der Waals surface area (Å²) in [6.45, 7) is 4.17. The van der Waals surface area contributed by atoms with E-state index in [-0.39, 0.29) is 6.04 Å². The van der Waals surface area contributed by atoms with E-state index in [1.807, 2.05) is 18.2 Å². The molecular formula is C15H13N3S. The number of thiophene rings is 1. The van der Waals surface area contributed by atoms with E-state index in [0.717, 1.165) is 5.69 Å². The van der Waals surface area contributed by atoms with E-state index in [2.05, 4.69) is 30.6 Å².